The quantitative estimate of drug-likeness (QED) is 0.534. The van der Waals surface area contributed by atoms with Crippen LogP contribution in [0.1, 0.15) is 32.7 Å². The summed E-state index contributed by atoms with van der Waals surface area (Å²) in [6.45, 7) is 2.74. The summed E-state index contributed by atoms with van der Waals surface area (Å²) in [5.74, 6) is 0.419. The molecule has 2 aromatic carbocycles. The number of ether oxygens (including phenoxy) is 1. The minimum absolute atomic E-state index is 0.187. The summed E-state index contributed by atoms with van der Waals surface area (Å²) >= 11 is 0. The number of carbonyl (C=O) groups excluding carboxylic acids is 1. The van der Waals surface area contributed by atoms with Gasteiger partial charge >= 0.3 is 0 Å². The number of rotatable bonds is 6. The van der Waals surface area contributed by atoms with Crippen molar-refractivity contribution >= 4 is 11.6 Å². The van der Waals surface area contributed by atoms with Crippen molar-refractivity contribution in [2.75, 3.05) is 0 Å². The van der Waals surface area contributed by atoms with E-state index in [0.29, 0.717) is 30.0 Å². The summed E-state index contributed by atoms with van der Waals surface area (Å²) in [6, 6.07) is 20.3. The molecule has 0 radical (unpaired) electrons. The number of aromatic nitrogens is 2. The van der Waals surface area contributed by atoms with E-state index < -0.39 is 0 Å². The van der Waals surface area contributed by atoms with E-state index >= 15 is 0 Å². The molecule has 0 bridgehead atoms. The van der Waals surface area contributed by atoms with E-state index in [9.17, 15) is 4.79 Å². The highest BCUT2D eigenvalue weighted by atomic mass is 16.5. The summed E-state index contributed by atoms with van der Waals surface area (Å²) in [4.78, 5) is 17.0. The number of amides is 1. The summed E-state index contributed by atoms with van der Waals surface area (Å²) < 4.78 is 7.82. The van der Waals surface area contributed by atoms with Crippen LogP contribution in [0.4, 0.5) is 0 Å². The lowest BCUT2D eigenvalue weighted by Crippen LogP contribution is -2.22. The Morgan fingerprint density at radius 2 is 1.97 bits per heavy atom. The first-order chi connectivity index (χ1) is 14.6. The highest BCUT2D eigenvalue weighted by molar-refractivity contribution is 5.94. The predicted octanol–water partition coefficient (Wildman–Crippen LogP) is 4.02. The van der Waals surface area contributed by atoms with Gasteiger partial charge in [-0.05, 0) is 54.4 Å². The molecular weight excluding hydrogens is 376 g/mol. The zero-order valence-corrected chi connectivity index (χ0v) is 16.5. The molecule has 148 valence electrons. The standard InChI is InChI=1S/C24H20N4O2/c1-17-5-10-23-27-21(15-28(23)14-17)16-30-22-4-2-3-20(11-22)24(29)26-13-19-8-6-18(12-25)7-9-19/h2-11,14-15H,13,16H2,1H3,(H,26,29). The second-order valence-electron chi connectivity index (χ2n) is 7.01. The monoisotopic (exact) mass is 396 g/mol. The Morgan fingerprint density at radius 3 is 2.77 bits per heavy atom. The third-order valence-corrected chi connectivity index (χ3v) is 4.67. The Bertz CT molecular complexity index is 1240. The van der Waals surface area contributed by atoms with Crippen LogP contribution < -0.4 is 10.1 Å². The molecule has 4 aromatic rings. The van der Waals surface area contributed by atoms with Gasteiger partial charge in [-0.2, -0.15) is 5.26 Å². The van der Waals surface area contributed by atoms with Crippen LogP contribution in [0, 0.1) is 18.3 Å². The molecule has 0 aliphatic carbocycles. The van der Waals surface area contributed by atoms with Gasteiger partial charge in [-0.1, -0.05) is 24.3 Å². The van der Waals surface area contributed by atoms with Crippen LogP contribution in [-0.2, 0) is 13.2 Å². The highest BCUT2D eigenvalue weighted by Crippen LogP contribution is 2.16. The molecule has 0 aliphatic heterocycles. The van der Waals surface area contributed by atoms with Crippen LogP contribution >= 0.6 is 0 Å². The number of nitrogens with one attached hydrogen (secondary N) is 1. The van der Waals surface area contributed by atoms with Crippen molar-refractivity contribution in [2.45, 2.75) is 20.1 Å². The van der Waals surface area contributed by atoms with Gasteiger partial charge in [0, 0.05) is 24.5 Å². The minimum Gasteiger partial charge on any atom is -0.487 e. The first kappa shape index (κ1) is 19.2. The molecule has 4 rings (SSSR count). The molecular formula is C24H20N4O2. The van der Waals surface area contributed by atoms with Crippen molar-refractivity contribution in [1.82, 2.24) is 14.7 Å². The number of benzene rings is 2. The zero-order valence-electron chi connectivity index (χ0n) is 16.5. The Kier molecular flexibility index (Phi) is 5.44. The van der Waals surface area contributed by atoms with Crippen LogP contribution in [0.5, 0.6) is 5.75 Å². The second kappa shape index (κ2) is 8.50. The number of fused-ring (bicyclic) bond motifs is 1. The van der Waals surface area contributed by atoms with Crippen molar-refractivity contribution in [3.05, 3.63) is 101 Å². The van der Waals surface area contributed by atoms with E-state index in [4.69, 9.17) is 10.00 Å². The topological polar surface area (TPSA) is 79.4 Å². The molecule has 30 heavy (non-hydrogen) atoms. The van der Waals surface area contributed by atoms with Gasteiger partial charge in [0.05, 0.1) is 17.3 Å². The van der Waals surface area contributed by atoms with Crippen LogP contribution in [0.15, 0.2) is 73.1 Å². The minimum atomic E-state index is -0.187. The molecule has 6 nitrogen and oxygen atoms in total. The van der Waals surface area contributed by atoms with E-state index in [0.717, 1.165) is 22.5 Å². The first-order valence-electron chi connectivity index (χ1n) is 9.55. The van der Waals surface area contributed by atoms with Crippen molar-refractivity contribution in [2.24, 2.45) is 0 Å². The second-order valence-corrected chi connectivity index (χ2v) is 7.01. The number of imidazole rings is 1. The van der Waals surface area contributed by atoms with Gasteiger partial charge in [-0.25, -0.2) is 4.98 Å². The van der Waals surface area contributed by atoms with Crippen molar-refractivity contribution < 1.29 is 9.53 Å². The SMILES string of the molecule is Cc1ccc2nc(COc3cccc(C(=O)NCc4ccc(C#N)cc4)c3)cn2c1. The van der Waals surface area contributed by atoms with E-state index in [1.165, 1.54) is 0 Å². The maximum atomic E-state index is 12.5. The molecule has 0 unspecified atom stereocenters. The summed E-state index contributed by atoms with van der Waals surface area (Å²) in [6.07, 6.45) is 3.96. The van der Waals surface area contributed by atoms with E-state index in [1.807, 2.05) is 54.0 Å². The lowest BCUT2D eigenvalue weighted by atomic mass is 10.1. The van der Waals surface area contributed by atoms with E-state index in [1.54, 1.807) is 30.3 Å². The largest absolute Gasteiger partial charge is 0.487 e. The fourth-order valence-electron chi connectivity index (χ4n) is 3.09. The fourth-order valence-corrected chi connectivity index (χ4v) is 3.09. The van der Waals surface area contributed by atoms with Gasteiger partial charge in [0.25, 0.3) is 5.91 Å². The number of nitriles is 1. The third-order valence-electron chi connectivity index (χ3n) is 4.67. The number of aryl methyl sites for hydroxylation is 1. The van der Waals surface area contributed by atoms with Gasteiger partial charge in [-0.3, -0.25) is 4.79 Å². The fraction of sp³-hybridized carbons (Fsp3) is 0.125. The molecule has 2 heterocycles. The lowest BCUT2D eigenvalue weighted by molar-refractivity contribution is 0.0950. The highest BCUT2D eigenvalue weighted by Gasteiger charge is 2.08. The smallest absolute Gasteiger partial charge is 0.251 e. The molecule has 6 heteroatoms. The Morgan fingerprint density at radius 1 is 1.13 bits per heavy atom. The summed E-state index contributed by atoms with van der Waals surface area (Å²) in [7, 11) is 0. The number of hydrogen-bond donors (Lipinski definition) is 1. The first-order valence-corrected chi connectivity index (χ1v) is 9.55. The molecule has 2 aromatic heterocycles. The van der Waals surface area contributed by atoms with E-state index in [-0.39, 0.29) is 5.91 Å². The number of hydrogen-bond acceptors (Lipinski definition) is 4. The third kappa shape index (κ3) is 4.47. The van der Waals surface area contributed by atoms with Gasteiger partial charge in [0.2, 0.25) is 0 Å². The maximum absolute atomic E-state index is 12.5. The van der Waals surface area contributed by atoms with Gasteiger partial charge in [0.1, 0.15) is 18.0 Å². The number of nitrogens with zero attached hydrogens (tertiary/aromatic N) is 3. The Balaban J connectivity index is 1.37. The van der Waals surface area contributed by atoms with Gasteiger partial charge in [0.15, 0.2) is 0 Å². The maximum Gasteiger partial charge on any atom is 0.251 e. The molecule has 0 spiro atoms. The lowest BCUT2D eigenvalue weighted by Gasteiger charge is -2.08. The number of pyridine rings is 1. The molecule has 0 atom stereocenters. The van der Waals surface area contributed by atoms with Crippen LogP contribution in [0.25, 0.3) is 5.65 Å². The molecule has 1 N–H and O–H groups in total. The Hall–Kier alpha value is -4.11. The van der Waals surface area contributed by atoms with E-state index in [2.05, 4.69) is 16.4 Å². The van der Waals surface area contributed by atoms with Crippen LogP contribution in [0.2, 0.25) is 0 Å². The molecule has 0 saturated heterocycles. The summed E-state index contributed by atoms with van der Waals surface area (Å²) in [5, 5.41) is 11.7. The number of carbonyl (C=O) groups is 1. The van der Waals surface area contributed by atoms with Gasteiger partial charge < -0.3 is 14.5 Å². The average molecular weight is 396 g/mol. The predicted molar refractivity (Wildman–Crippen MR) is 113 cm³/mol. The Labute approximate surface area is 174 Å². The normalized spacial score (nSPS) is 10.5. The van der Waals surface area contributed by atoms with Crippen molar-refractivity contribution in [3.63, 3.8) is 0 Å². The van der Waals surface area contributed by atoms with Crippen LogP contribution in [-0.4, -0.2) is 15.3 Å². The van der Waals surface area contributed by atoms with Gasteiger partial charge in [-0.15, -0.1) is 0 Å². The molecule has 1 amide bonds. The van der Waals surface area contributed by atoms with Crippen molar-refractivity contribution in [1.29, 1.82) is 5.26 Å². The average Bonchev–Trinajstić information content (AvgIpc) is 3.18. The molecule has 0 fully saturated rings. The zero-order chi connectivity index (χ0) is 20.9. The molecule has 0 saturated carbocycles. The summed E-state index contributed by atoms with van der Waals surface area (Å²) in [5.41, 5.74) is 4.89. The molecule has 0 aliphatic rings. The van der Waals surface area contributed by atoms with Crippen LogP contribution in [0.3, 0.4) is 0 Å². The van der Waals surface area contributed by atoms with Crippen molar-refractivity contribution in [3.8, 4) is 11.8 Å².